The Balaban J connectivity index is 2.14. The van der Waals surface area contributed by atoms with Gasteiger partial charge in [-0.25, -0.2) is 0 Å². The summed E-state index contributed by atoms with van der Waals surface area (Å²) in [6.45, 7) is 2.19. The zero-order valence-electron chi connectivity index (χ0n) is 11.7. The molecule has 2 aliphatic rings. The first-order chi connectivity index (χ1) is 9.24. The van der Waals surface area contributed by atoms with Gasteiger partial charge in [-0.2, -0.15) is 0 Å². The molecule has 0 aliphatic heterocycles. The van der Waals surface area contributed by atoms with Crippen molar-refractivity contribution in [3.63, 3.8) is 0 Å². The predicted molar refractivity (Wildman–Crippen MR) is 80.2 cm³/mol. The number of allylic oxidation sites excluding steroid dienone is 2. The molecule has 1 aromatic rings. The molecule has 1 saturated carbocycles. The van der Waals surface area contributed by atoms with Crippen LogP contribution in [0.15, 0.2) is 24.0 Å². The summed E-state index contributed by atoms with van der Waals surface area (Å²) >= 11 is 6.49. The molecule has 1 nitrogen and oxygen atoms in total. The second-order valence-corrected chi connectivity index (χ2v) is 6.16. The van der Waals surface area contributed by atoms with Gasteiger partial charge in [-0.05, 0) is 55.2 Å². The maximum atomic E-state index is 6.49. The summed E-state index contributed by atoms with van der Waals surface area (Å²) in [5.41, 5.74) is 3.97. The SMILES string of the molecule is CCc1cccc(Cl)c1C1=C(OC)C2CCC(C1)C2. The summed E-state index contributed by atoms with van der Waals surface area (Å²) in [6.07, 6.45) is 6.08. The van der Waals surface area contributed by atoms with Gasteiger partial charge in [0.2, 0.25) is 0 Å². The maximum absolute atomic E-state index is 6.49. The van der Waals surface area contributed by atoms with Gasteiger partial charge in [0, 0.05) is 16.5 Å². The second kappa shape index (κ2) is 5.20. The molecule has 1 aromatic carbocycles. The van der Waals surface area contributed by atoms with Crippen LogP contribution in [0.5, 0.6) is 0 Å². The van der Waals surface area contributed by atoms with Crippen molar-refractivity contribution in [3.05, 3.63) is 40.1 Å². The highest BCUT2D eigenvalue weighted by atomic mass is 35.5. The van der Waals surface area contributed by atoms with Crippen molar-refractivity contribution in [2.75, 3.05) is 7.11 Å². The Labute approximate surface area is 120 Å². The van der Waals surface area contributed by atoms with Crippen LogP contribution in [0.3, 0.4) is 0 Å². The largest absolute Gasteiger partial charge is 0.501 e. The van der Waals surface area contributed by atoms with Gasteiger partial charge in [0.25, 0.3) is 0 Å². The molecule has 0 radical (unpaired) electrons. The molecule has 2 unspecified atom stereocenters. The Bertz CT molecular complexity index is 518. The first kappa shape index (κ1) is 13.1. The van der Waals surface area contributed by atoms with E-state index in [1.807, 2.05) is 13.2 Å². The third-order valence-corrected chi connectivity index (χ3v) is 5.02. The van der Waals surface area contributed by atoms with E-state index >= 15 is 0 Å². The molecule has 0 heterocycles. The molecular weight excluding hydrogens is 256 g/mol. The van der Waals surface area contributed by atoms with Crippen molar-refractivity contribution in [3.8, 4) is 0 Å². The fourth-order valence-electron chi connectivity index (χ4n) is 3.85. The van der Waals surface area contributed by atoms with Crippen LogP contribution in [-0.4, -0.2) is 7.11 Å². The number of methoxy groups -OCH3 is 1. The molecular formula is C17H21ClO. The van der Waals surface area contributed by atoms with Gasteiger partial charge < -0.3 is 4.74 Å². The summed E-state index contributed by atoms with van der Waals surface area (Å²) in [6, 6.07) is 6.25. The number of aryl methyl sites for hydroxylation is 1. The minimum Gasteiger partial charge on any atom is -0.501 e. The van der Waals surface area contributed by atoms with Crippen LogP contribution in [0.2, 0.25) is 5.02 Å². The quantitative estimate of drug-likeness (QED) is 0.748. The van der Waals surface area contributed by atoms with Crippen LogP contribution in [-0.2, 0) is 11.2 Å². The van der Waals surface area contributed by atoms with E-state index in [2.05, 4.69) is 19.1 Å². The van der Waals surface area contributed by atoms with Crippen molar-refractivity contribution in [1.82, 2.24) is 0 Å². The van der Waals surface area contributed by atoms with Crippen LogP contribution < -0.4 is 0 Å². The zero-order valence-corrected chi connectivity index (χ0v) is 12.5. The molecule has 0 amide bonds. The topological polar surface area (TPSA) is 9.23 Å². The Kier molecular flexibility index (Phi) is 3.58. The number of fused-ring (bicyclic) bond motifs is 2. The molecule has 19 heavy (non-hydrogen) atoms. The van der Waals surface area contributed by atoms with E-state index in [0.717, 1.165) is 23.8 Å². The first-order valence-electron chi connectivity index (χ1n) is 7.29. The summed E-state index contributed by atoms with van der Waals surface area (Å²) in [4.78, 5) is 0. The fraction of sp³-hybridized carbons (Fsp3) is 0.529. The highest BCUT2D eigenvalue weighted by Gasteiger charge is 2.36. The monoisotopic (exact) mass is 276 g/mol. The number of benzene rings is 1. The van der Waals surface area contributed by atoms with Crippen LogP contribution >= 0.6 is 11.6 Å². The Hall–Kier alpha value is -0.950. The van der Waals surface area contributed by atoms with Gasteiger partial charge in [0.05, 0.1) is 7.11 Å². The lowest BCUT2D eigenvalue weighted by atomic mass is 9.82. The highest BCUT2D eigenvalue weighted by molar-refractivity contribution is 6.32. The molecule has 2 bridgehead atoms. The lowest BCUT2D eigenvalue weighted by Gasteiger charge is -2.27. The Morgan fingerprint density at radius 3 is 2.89 bits per heavy atom. The Morgan fingerprint density at radius 2 is 2.16 bits per heavy atom. The van der Waals surface area contributed by atoms with E-state index in [4.69, 9.17) is 16.3 Å². The summed E-state index contributed by atoms with van der Waals surface area (Å²) in [5, 5.41) is 0.880. The van der Waals surface area contributed by atoms with Crippen LogP contribution in [0.1, 0.15) is 43.7 Å². The highest BCUT2D eigenvalue weighted by Crippen LogP contribution is 2.49. The van der Waals surface area contributed by atoms with Crippen molar-refractivity contribution in [2.24, 2.45) is 11.8 Å². The minimum absolute atomic E-state index is 0.625. The number of ether oxygens (including phenoxy) is 1. The first-order valence-corrected chi connectivity index (χ1v) is 7.67. The minimum atomic E-state index is 0.625. The van der Waals surface area contributed by atoms with Crippen molar-refractivity contribution in [2.45, 2.75) is 39.0 Å². The molecule has 2 aliphatic carbocycles. The smallest absolute Gasteiger partial charge is 0.102 e. The number of hydrogen-bond donors (Lipinski definition) is 0. The van der Waals surface area contributed by atoms with Crippen molar-refractivity contribution < 1.29 is 4.74 Å². The van der Waals surface area contributed by atoms with Crippen molar-refractivity contribution >= 4 is 17.2 Å². The number of rotatable bonds is 3. The molecule has 1 fully saturated rings. The van der Waals surface area contributed by atoms with Gasteiger partial charge in [0.15, 0.2) is 0 Å². The summed E-state index contributed by atoms with van der Waals surface area (Å²) in [5.74, 6) is 2.66. The molecule has 0 N–H and O–H groups in total. The maximum Gasteiger partial charge on any atom is 0.102 e. The van der Waals surface area contributed by atoms with Crippen LogP contribution in [0, 0.1) is 11.8 Å². The summed E-state index contributed by atoms with van der Waals surface area (Å²) < 4.78 is 5.76. The van der Waals surface area contributed by atoms with Crippen LogP contribution in [0.25, 0.3) is 5.57 Å². The number of halogens is 1. The van der Waals surface area contributed by atoms with E-state index in [9.17, 15) is 0 Å². The van der Waals surface area contributed by atoms with E-state index in [1.165, 1.54) is 41.7 Å². The molecule has 3 rings (SSSR count). The lowest BCUT2D eigenvalue weighted by Crippen LogP contribution is -2.13. The van der Waals surface area contributed by atoms with Gasteiger partial charge >= 0.3 is 0 Å². The zero-order chi connectivity index (χ0) is 13.4. The van der Waals surface area contributed by atoms with E-state index in [-0.39, 0.29) is 0 Å². The average Bonchev–Trinajstić information content (AvgIpc) is 2.80. The fourth-order valence-corrected chi connectivity index (χ4v) is 4.16. The van der Waals surface area contributed by atoms with Gasteiger partial charge in [-0.15, -0.1) is 0 Å². The Morgan fingerprint density at radius 1 is 1.32 bits per heavy atom. The normalized spacial score (nSPS) is 25.8. The number of hydrogen-bond acceptors (Lipinski definition) is 1. The lowest BCUT2D eigenvalue weighted by molar-refractivity contribution is 0.234. The third-order valence-electron chi connectivity index (χ3n) is 4.70. The van der Waals surface area contributed by atoms with Crippen LogP contribution in [0.4, 0.5) is 0 Å². The van der Waals surface area contributed by atoms with Gasteiger partial charge in [0.1, 0.15) is 5.76 Å². The third kappa shape index (κ3) is 2.18. The van der Waals surface area contributed by atoms with Gasteiger partial charge in [-0.3, -0.25) is 0 Å². The molecule has 0 saturated heterocycles. The second-order valence-electron chi connectivity index (χ2n) is 5.75. The van der Waals surface area contributed by atoms with E-state index in [0.29, 0.717) is 5.92 Å². The molecule has 0 aromatic heterocycles. The average molecular weight is 277 g/mol. The molecule has 2 atom stereocenters. The molecule has 0 spiro atoms. The van der Waals surface area contributed by atoms with Crippen molar-refractivity contribution in [1.29, 1.82) is 0 Å². The molecule has 102 valence electrons. The van der Waals surface area contributed by atoms with Gasteiger partial charge in [-0.1, -0.05) is 30.7 Å². The standard InChI is InChI=1S/C17H21ClO/c1-3-12-5-4-6-15(18)16(12)14-10-11-7-8-13(9-11)17(14)19-2/h4-6,11,13H,3,7-10H2,1-2H3. The summed E-state index contributed by atoms with van der Waals surface area (Å²) in [7, 11) is 1.82. The van der Waals surface area contributed by atoms with E-state index < -0.39 is 0 Å². The van der Waals surface area contributed by atoms with E-state index in [1.54, 1.807) is 0 Å². The predicted octanol–water partition coefficient (Wildman–Crippen LogP) is 5.08. The molecule has 2 heteroatoms.